The molecule has 2 nitrogen and oxygen atoms in total. The quantitative estimate of drug-likeness (QED) is 0.885. The Balaban J connectivity index is 1.84. The third kappa shape index (κ3) is 3.62. The molecule has 3 heteroatoms. The fraction of sp³-hybridized carbons (Fsp3) is 0.571. The van der Waals surface area contributed by atoms with Crippen molar-refractivity contribution in [2.75, 3.05) is 6.54 Å². The number of hydrogen-bond acceptors (Lipinski definition) is 2. The normalized spacial score (nSPS) is 24.6. The number of halogens is 1. The van der Waals surface area contributed by atoms with Crippen LogP contribution in [0.25, 0.3) is 0 Å². The Kier molecular flexibility index (Phi) is 4.69. The number of hydrogen-bond donors (Lipinski definition) is 1. The van der Waals surface area contributed by atoms with Crippen LogP contribution < -0.4 is 10.1 Å². The predicted molar refractivity (Wildman–Crippen MR) is 71.8 cm³/mol. The van der Waals surface area contributed by atoms with Crippen molar-refractivity contribution in [3.05, 3.63) is 29.3 Å². The van der Waals surface area contributed by atoms with E-state index >= 15 is 0 Å². The SMILES string of the molecule is CCNC1CCC(Oc2ccccc2Cl)CC1. The Morgan fingerprint density at radius 3 is 2.59 bits per heavy atom. The minimum absolute atomic E-state index is 0.324. The molecule has 1 aliphatic rings. The van der Waals surface area contributed by atoms with Crippen molar-refractivity contribution in [3.8, 4) is 5.75 Å². The van der Waals surface area contributed by atoms with Gasteiger partial charge in [-0.2, -0.15) is 0 Å². The molecule has 0 heterocycles. The van der Waals surface area contributed by atoms with Crippen LogP contribution in [0.15, 0.2) is 24.3 Å². The number of ether oxygens (including phenoxy) is 1. The molecule has 94 valence electrons. The van der Waals surface area contributed by atoms with Gasteiger partial charge in [-0.05, 0) is 44.4 Å². The first-order valence-corrected chi connectivity index (χ1v) is 6.82. The van der Waals surface area contributed by atoms with Gasteiger partial charge in [-0.1, -0.05) is 30.7 Å². The summed E-state index contributed by atoms with van der Waals surface area (Å²) in [5.74, 6) is 0.820. The summed E-state index contributed by atoms with van der Waals surface area (Å²) in [6.07, 6.45) is 4.95. The maximum atomic E-state index is 6.08. The van der Waals surface area contributed by atoms with Crippen molar-refractivity contribution in [1.82, 2.24) is 5.32 Å². The topological polar surface area (TPSA) is 21.3 Å². The lowest BCUT2D eigenvalue weighted by atomic mass is 9.93. The van der Waals surface area contributed by atoms with Gasteiger partial charge in [-0.15, -0.1) is 0 Å². The van der Waals surface area contributed by atoms with Gasteiger partial charge in [-0.25, -0.2) is 0 Å². The summed E-state index contributed by atoms with van der Waals surface area (Å²) in [7, 11) is 0. The van der Waals surface area contributed by atoms with Crippen LogP contribution >= 0.6 is 11.6 Å². The number of benzene rings is 1. The highest BCUT2D eigenvalue weighted by Gasteiger charge is 2.22. The van der Waals surface area contributed by atoms with Crippen LogP contribution in [0.3, 0.4) is 0 Å². The molecular weight excluding hydrogens is 234 g/mol. The molecule has 0 saturated heterocycles. The first kappa shape index (κ1) is 12.7. The summed E-state index contributed by atoms with van der Waals surface area (Å²) in [6.45, 7) is 3.22. The van der Waals surface area contributed by atoms with Crippen LogP contribution in [0.2, 0.25) is 5.02 Å². The molecule has 1 N–H and O–H groups in total. The molecule has 0 spiro atoms. The van der Waals surface area contributed by atoms with Crippen molar-refractivity contribution in [2.45, 2.75) is 44.8 Å². The van der Waals surface area contributed by atoms with E-state index in [2.05, 4.69) is 12.2 Å². The van der Waals surface area contributed by atoms with Gasteiger partial charge >= 0.3 is 0 Å². The number of rotatable bonds is 4. The Morgan fingerprint density at radius 1 is 1.24 bits per heavy atom. The zero-order valence-electron chi connectivity index (χ0n) is 10.3. The fourth-order valence-corrected chi connectivity index (χ4v) is 2.57. The van der Waals surface area contributed by atoms with E-state index in [0.717, 1.165) is 25.1 Å². The van der Waals surface area contributed by atoms with E-state index in [1.54, 1.807) is 0 Å². The Bertz CT molecular complexity index is 348. The minimum atomic E-state index is 0.324. The molecule has 1 aliphatic carbocycles. The highest BCUT2D eigenvalue weighted by molar-refractivity contribution is 6.32. The Morgan fingerprint density at radius 2 is 1.94 bits per heavy atom. The van der Waals surface area contributed by atoms with Crippen molar-refractivity contribution < 1.29 is 4.74 Å². The first-order valence-electron chi connectivity index (χ1n) is 6.44. The van der Waals surface area contributed by atoms with Crippen LogP contribution in [0.4, 0.5) is 0 Å². The molecule has 17 heavy (non-hydrogen) atoms. The van der Waals surface area contributed by atoms with Gasteiger partial charge < -0.3 is 10.1 Å². The molecule has 0 aliphatic heterocycles. The van der Waals surface area contributed by atoms with Crippen LogP contribution in [-0.4, -0.2) is 18.7 Å². The second-order valence-corrected chi connectivity index (χ2v) is 4.99. The molecular formula is C14H20ClNO. The molecule has 1 aromatic carbocycles. The van der Waals surface area contributed by atoms with Gasteiger partial charge in [0.15, 0.2) is 0 Å². The van der Waals surface area contributed by atoms with E-state index in [4.69, 9.17) is 16.3 Å². The lowest BCUT2D eigenvalue weighted by molar-refractivity contribution is 0.140. The van der Waals surface area contributed by atoms with Gasteiger partial charge in [-0.3, -0.25) is 0 Å². The number of para-hydroxylation sites is 1. The minimum Gasteiger partial charge on any atom is -0.489 e. The second-order valence-electron chi connectivity index (χ2n) is 4.58. The monoisotopic (exact) mass is 253 g/mol. The van der Waals surface area contributed by atoms with Crippen molar-refractivity contribution in [2.24, 2.45) is 0 Å². The maximum absolute atomic E-state index is 6.08. The zero-order chi connectivity index (χ0) is 12.1. The van der Waals surface area contributed by atoms with Crippen molar-refractivity contribution in [3.63, 3.8) is 0 Å². The summed E-state index contributed by atoms with van der Waals surface area (Å²) in [5, 5.41) is 4.21. The molecule has 0 bridgehead atoms. The van der Waals surface area contributed by atoms with Crippen LogP contribution in [-0.2, 0) is 0 Å². The third-order valence-electron chi connectivity index (χ3n) is 3.30. The average Bonchev–Trinajstić information content (AvgIpc) is 2.35. The molecule has 1 aromatic rings. The van der Waals surface area contributed by atoms with Gasteiger partial charge in [0.25, 0.3) is 0 Å². The van der Waals surface area contributed by atoms with E-state index in [1.165, 1.54) is 12.8 Å². The summed E-state index contributed by atoms with van der Waals surface area (Å²) < 4.78 is 5.95. The molecule has 0 amide bonds. The summed E-state index contributed by atoms with van der Waals surface area (Å²) in [5.41, 5.74) is 0. The van der Waals surface area contributed by atoms with E-state index in [9.17, 15) is 0 Å². The van der Waals surface area contributed by atoms with Gasteiger partial charge in [0.1, 0.15) is 5.75 Å². The van der Waals surface area contributed by atoms with E-state index in [0.29, 0.717) is 17.2 Å². The van der Waals surface area contributed by atoms with E-state index in [1.807, 2.05) is 24.3 Å². The first-order chi connectivity index (χ1) is 8.29. The largest absolute Gasteiger partial charge is 0.489 e. The van der Waals surface area contributed by atoms with Gasteiger partial charge in [0, 0.05) is 6.04 Å². The molecule has 2 rings (SSSR count). The Labute approximate surface area is 108 Å². The fourth-order valence-electron chi connectivity index (χ4n) is 2.39. The molecule has 0 aromatic heterocycles. The van der Waals surface area contributed by atoms with Crippen LogP contribution in [0.1, 0.15) is 32.6 Å². The standard InChI is InChI=1S/C14H20ClNO/c1-2-16-11-7-9-12(10-8-11)17-14-6-4-3-5-13(14)15/h3-6,11-12,16H,2,7-10H2,1H3. The molecule has 1 saturated carbocycles. The average molecular weight is 254 g/mol. The third-order valence-corrected chi connectivity index (χ3v) is 3.61. The van der Waals surface area contributed by atoms with Crippen LogP contribution in [0.5, 0.6) is 5.75 Å². The highest BCUT2D eigenvalue weighted by Crippen LogP contribution is 2.28. The van der Waals surface area contributed by atoms with Crippen LogP contribution in [0, 0.1) is 0 Å². The Hall–Kier alpha value is -0.730. The number of nitrogens with one attached hydrogen (secondary N) is 1. The van der Waals surface area contributed by atoms with Crippen molar-refractivity contribution in [1.29, 1.82) is 0 Å². The van der Waals surface area contributed by atoms with E-state index < -0.39 is 0 Å². The zero-order valence-corrected chi connectivity index (χ0v) is 11.0. The molecule has 0 atom stereocenters. The smallest absolute Gasteiger partial charge is 0.138 e. The summed E-state index contributed by atoms with van der Waals surface area (Å²) in [6, 6.07) is 8.38. The van der Waals surface area contributed by atoms with Gasteiger partial charge in [0.05, 0.1) is 11.1 Å². The summed E-state index contributed by atoms with van der Waals surface area (Å²) >= 11 is 6.08. The maximum Gasteiger partial charge on any atom is 0.138 e. The molecule has 0 unspecified atom stereocenters. The summed E-state index contributed by atoms with van der Waals surface area (Å²) in [4.78, 5) is 0. The van der Waals surface area contributed by atoms with E-state index in [-0.39, 0.29) is 0 Å². The predicted octanol–water partition coefficient (Wildman–Crippen LogP) is 3.64. The van der Waals surface area contributed by atoms with Gasteiger partial charge in [0.2, 0.25) is 0 Å². The molecule has 0 radical (unpaired) electrons. The molecule has 1 fully saturated rings. The van der Waals surface area contributed by atoms with Crippen molar-refractivity contribution >= 4 is 11.6 Å². The lowest BCUT2D eigenvalue weighted by Gasteiger charge is -2.29. The highest BCUT2D eigenvalue weighted by atomic mass is 35.5. The second kappa shape index (κ2) is 6.27. The lowest BCUT2D eigenvalue weighted by Crippen LogP contribution is -2.36.